The van der Waals surface area contributed by atoms with Crippen molar-refractivity contribution in [2.24, 2.45) is 11.7 Å². The third-order valence-corrected chi connectivity index (χ3v) is 6.37. The van der Waals surface area contributed by atoms with Crippen LogP contribution in [0, 0.1) is 17.2 Å². The Morgan fingerprint density at radius 1 is 1.35 bits per heavy atom. The minimum Gasteiger partial charge on any atom is -0.348 e. The van der Waals surface area contributed by atoms with Crippen LogP contribution in [0.3, 0.4) is 0 Å². The summed E-state index contributed by atoms with van der Waals surface area (Å²) in [5.74, 6) is 0.934. The second kappa shape index (κ2) is 11.1. The molecule has 2 aromatic heterocycles. The first-order chi connectivity index (χ1) is 16.5. The van der Waals surface area contributed by atoms with Crippen LogP contribution in [0.1, 0.15) is 36.8 Å². The van der Waals surface area contributed by atoms with Gasteiger partial charge in [-0.05, 0) is 36.5 Å². The Morgan fingerprint density at radius 3 is 2.85 bits per heavy atom. The standard InChI is InChI=1S/C23H26ClFN8S/c24-18-7-15(8-26)4-6-21(18)33-13-17(11-29-33)22-16(9-27)10-28-23(32-22)31-20(19(25)12-30-34)5-3-14-1-2-14/h4,6-7,10-11,13-14,19-20,30,34H,1-3,5,8,12,26H2,(H,28,31,32). The first-order valence-electron chi connectivity index (χ1n) is 11.1. The molecule has 34 heavy (non-hydrogen) atoms. The molecule has 0 bridgehead atoms. The van der Waals surface area contributed by atoms with Gasteiger partial charge in [-0.15, -0.1) is 0 Å². The molecule has 1 aliphatic rings. The van der Waals surface area contributed by atoms with Crippen LogP contribution in [-0.4, -0.2) is 38.5 Å². The summed E-state index contributed by atoms with van der Waals surface area (Å²) < 4.78 is 19.0. The van der Waals surface area contributed by atoms with Crippen LogP contribution in [0.15, 0.2) is 36.8 Å². The summed E-state index contributed by atoms with van der Waals surface area (Å²) in [5, 5.41) is 17.6. The number of nitriles is 1. The number of rotatable bonds is 11. The smallest absolute Gasteiger partial charge is 0.223 e. The van der Waals surface area contributed by atoms with Gasteiger partial charge in [-0.1, -0.05) is 43.3 Å². The zero-order valence-corrected chi connectivity index (χ0v) is 20.1. The summed E-state index contributed by atoms with van der Waals surface area (Å²) in [4.78, 5) is 8.79. The van der Waals surface area contributed by atoms with Crippen molar-refractivity contribution in [1.82, 2.24) is 24.5 Å². The third kappa shape index (κ3) is 5.85. The topological polar surface area (TPSA) is 117 Å². The van der Waals surface area contributed by atoms with Crippen LogP contribution in [0.2, 0.25) is 5.02 Å². The molecule has 178 valence electrons. The van der Waals surface area contributed by atoms with Gasteiger partial charge in [0.05, 0.1) is 40.4 Å². The first kappa shape index (κ1) is 24.4. The number of hydrogen-bond acceptors (Lipinski definition) is 8. The number of halogens is 2. The lowest BCUT2D eigenvalue weighted by atomic mass is 10.0. The van der Waals surface area contributed by atoms with Crippen molar-refractivity contribution in [1.29, 1.82) is 5.26 Å². The predicted molar refractivity (Wildman–Crippen MR) is 133 cm³/mol. The summed E-state index contributed by atoms with van der Waals surface area (Å²) in [6.45, 7) is 0.489. The highest BCUT2D eigenvalue weighted by molar-refractivity contribution is 7.78. The van der Waals surface area contributed by atoms with Crippen LogP contribution in [0.5, 0.6) is 0 Å². The molecule has 0 radical (unpaired) electrons. The molecular weight excluding hydrogens is 475 g/mol. The van der Waals surface area contributed by atoms with E-state index in [4.69, 9.17) is 17.3 Å². The minimum absolute atomic E-state index is 0.102. The van der Waals surface area contributed by atoms with E-state index in [0.717, 1.165) is 12.0 Å². The quantitative estimate of drug-likeness (QED) is 0.293. The van der Waals surface area contributed by atoms with E-state index in [-0.39, 0.29) is 18.1 Å². The Bertz CT molecular complexity index is 1180. The molecule has 1 aliphatic carbocycles. The summed E-state index contributed by atoms with van der Waals surface area (Å²) in [7, 11) is 0. The molecule has 3 aromatic rings. The largest absolute Gasteiger partial charge is 0.348 e. The number of anilines is 1. The van der Waals surface area contributed by atoms with Crippen molar-refractivity contribution < 1.29 is 4.39 Å². The number of nitrogens with zero attached hydrogens (tertiary/aromatic N) is 5. The lowest BCUT2D eigenvalue weighted by Crippen LogP contribution is -2.36. The van der Waals surface area contributed by atoms with Crippen LogP contribution in [-0.2, 0) is 6.54 Å². The van der Waals surface area contributed by atoms with E-state index in [1.54, 1.807) is 23.1 Å². The molecule has 2 atom stereocenters. The van der Waals surface area contributed by atoms with Crippen molar-refractivity contribution in [2.75, 3.05) is 11.9 Å². The lowest BCUT2D eigenvalue weighted by Gasteiger charge is -2.22. The van der Waals surface area contributed by atoms with Crippen molar-refractivity contribution in [2.45, 2.75) is 44.4 Å². The fourth-order valence-corrected chi connectivity index (χ4v) is 4.22. The van der Waals surface area contributed by atoms with Gasteiger partial charge in [0.15, 0.2) is 0 Å². The maximum absolute atomic E-state index is 14.8. The second-order valence-electron chi connectivity index (χ2n) is 8.38. The highest BCUT2D eigenvalue weighted by Crippen LogP contribution is 2.34. The molecule has 0 spiro atoms. The number of nitrogens with one attached hydrogen (secondary N) is 2. The molecule has 0 saturated heterocycles. The molecule has 1 fully saturated rings. The molecular formula is C23H26ClFN8S. The van der Waals surface area contributed by atoms with Crippen molar-refractivity contribution in [3.63, 3.8) is 0 Å². The molecule has 2 unspecified atom stereocenters. The highest BCUT2D eigenvalue weighted by atomic mass is 35.5. The van der Waals surface area contributed by atoms with E-state index < -0.39 is 12.2 Å². The molecule has 0 amide bonds. The molecule has 2 heterocycles. The Balaban J connectivity index is 1.59. The Morgan fingerprint density at radius 2 is 2.18 bits per heavy atom. The Hall–Kier alpha value is -2.71. The van der Waals surface area contributed by atoms with Crippen LogP contribution < -0.4 is 15.8 Å². The van der Waals surface area contributed by atoms with Gasteiger partial charge >= 0.3 is 0 Å². The molecule has 11 heteroatoms. The Labute approximate surface area is 208 Å². The van der Waals surface area contributed by atoms with Gasteiger partial charge in [0.25, 0.3) is 0 Å². The zero-order chi connectivity index (χ0) is 24.1. The van der Waals surface area contributed by atoms with Gasteiger partial charge in [0.2, 0.25) is 5.95 Å². The first-order valence-corrected chi connectivity index (χ1v) is 11.9. The van der Waals surface area contributed by atoms with Gasteiger partial charge < -0.3 is 11.1 Å². The normalized spacial score (nSPS) is 15.0. The summed E-state index contributed by atoms with van der Waals surface area (Å²) in [5.41, 5.74) is 8.58. The minimum atomic E-state index is -1.17. The lowest BCUT2D eigenvalue weighted by molar-refractivity contribution is 0.282. The van der Waals surface area contributed by atoms with E-state index >= 15 is 0 Å². The van der Waals surface area contributed by atoms with E-state index in [1.807, 2.05) is 12.1 Å². The van der Waals surface area contributed by atoms with Crippen molar-refractivity contribution >= 4 is 30.4 Å². The Kier molecular flexibility index (Phi) is 8.00. The summed E-state index contributed by atoms with van der Waals surface area (Å²) >= 11 is 10.3. The SMILES string of the molecule is N#Cc1cnc(NC(CCC2CC2)C(F)CNS)nc1-c1cnn(-c2ccc(CN)cc2Cl)c1. The monoisotopic (exact) mass is 500 g/mol. The zero-order valence-electron chi connectivity index (χ0n) is 18.5. The highest BCUT2D eigenvalue weighted by Gasteiger charge is 2.27. The number of nitrogens with two attached hydrogens (primary N) is 1. The number of alkyl halides is 1. The average molecular weight is 501 g/mol. The number of hydrogen-bond donors (Lipinski definition) is 4. The fourth-order valence-electron chi connectivity index (χ4n) is 3.75. The van der Waals surface area contributed by atoms with E-state index in [1.165, 1.54) is 19.0 Å². The van der Waals surface area contributed by atoms with Crippen LogP contribution >= 0.6 is 24.4 Å². The van der Waals surface area contributed by atoms with E-state index in [9.17, 15) is 9.65 Å². The van der Waals surface area contributed by atoms with Gasteiger partial charge in [0, 0.05) is 24.8 Å². The predicted octanol–water partition coefficient (Wildman–Crippen LogP) is 4.06. The molecule has 4 rings (SSSR count). The molecule has 8 nitrogen and oxygen atoms in total. The number of aromatic nitrogens is 4. The molecule has 1 aromatic carbocycles. The molecule has 0 aliphatic heterocycles. The van der Waals surface area contributed by atoms with E-state index in [0.29, 0.717) is 40.9 Å². The van der Waals surface area contributed by atoms with Gasteiger partial charge in [-0.2, -0.15) is 10.4 Å². The maximum atomic E-state index is 14.8. The number of benzene rings is 1. The van der Waals surface area contributed by atoms with E-state index in [2.05, 4.69) is 44.0 Å². The average Bonchev–Trinajstić information content (AvgIpc) is 3.55. The van der Waals surface area contributed by atoms with Crippen molar-refractivity contribution in [3.8, 4) is 23.0 Å². The summed E-state index contributed by atoms with van der Waals surface area (Å²) in [6.07, 6.45) is 7.63. The van der Waals surface area contributed by atoms with Gasteiger partial charge in [-0.3, -0.25) is 4.72 Å². The van der Waals surface area contributed by atoms with Gasteiger partial charge in [-0.25, -0.2) is 19.0 Å². The van der Waals surface area contributed by atoms with Crippen LogP contribution in [0.25, 0.3) is 16.9 Å². The summed E-state index contributed by atoms with van der Waals surface area (Å²) in [6, 6.07) is 7.15. The third-order valence-electron chi connectivity index (χ3n) is 5.88. The van der Waals surface area contributed by atoms with Crippen molar-refractivity contribution in [3.05, 3.63) is 52.9 Å². The molecule has 4 N–H and O–H groups in total. The maximum Gasteiger partial charge on any atom is 0.223 e. The second-order valence-corrected chi connectivity index (χ2v) is 9.10. The number of thiol groups is 1. The van der Waals surface area contributed by atoms with Gasteiger partial charge in [0.1, 0.15) is 12.2 Å². The fraction of sp³-hybridized carbons (Fsp3) is 0.391. The van der Waals surface area contributed by atoms with Crippen LogP contribution in [0.4, 0.5) is 10.3 Å². The molecule has 1 saturated carbocycles.